The molecule has 0 radical (unpaired) electrons. The van der Waals surface area contributed by atoms with Gasteiger partial charge in [0.15, 0.2) is 0 Å². The number of nitrogens with two attached hydrogens (primary N) is 1. The SMILES string of the molecule is CCC1CN(c2ncc(N)cc2C)CCS1. The molecule has 0 aliphatic carbocycles. The van der Waals surface area contributed by atoms with E-state index >= 15 is 0 Å². The third-order valence-corrected chi connectivity index (χ3v) is 4.34. The smallest absolute Gasteiger partial charge is 0.131 e. The molecule has 0 amide bonds. The molecule has 4 heteroatoms. The van der Waals surface area contributed by atoms with Crippen molar-refractivity contribution < 1.29 is 0 Å². The van der Waals surface area contributed by atoms with E-state index in [4.69, 9.17) is 5.73 Å². The van der Waals surface area contributed by atoms with Gasteiger partial charge in [0.25, 0.3) is 0 Å². The number of aromatic nitrogens is 1. The van der Waals surface area contributed by atoms with Gasteiger partial charge in [0, 0.05) is 24.1 Å². The van der Waals surface area contributed by atoms with Crippen LogP contribution in [0.1, 0.15) is 18.9 Å². The number of nitrogens with zero attached hydrogens (tertiary/aromatic N) is 2. The second kappa shape index (κ2) is 4.95. The molecule has 3 nitrogen and oxygen atoms in total. The normalized spacial score (nSPS) is 21.1. The molecule has 0 spiro atoms. The Labute approximate surface area is 101 Å². The molecule has 0 aromatic carbocycles. The highest BCUT2D eigenvalue weighted by Gasteiger charge is 2.20. The minimum absolute atomic E-state index is 0.743. The van der Waals surface area contributed by atoms with E-state index in [2.05, 4.69) is 35.5 Å². The Morgan fingerprint density at radius 3 is 3.12 bits per heavy atom. The van der Waals surface area contributed by atoms with Gasteiger partial charge in [-0.3, -0.25) is 0 Å². The fourth-order valence-corrected chi connectivity index (χ4v) is 3.26. The van der Waals surface area contributed by atoms with Crippen molar-refractivity contribution in [1.82, 2.24) is 4.98 Å². The molecular formula is C12H19N3S. The van der Waals surface area contributed by atoms with Crippen molar-refractivity contribution in [2.24, 2.45) is 0 Å². The second-order valence-corrected chi connectivity index (χ2v) is 5.66. The lowest BCUT2D eigenvalue weighted by molar-refractivity contribution is 0.718. The maximum atomic E-state index is 5.73. The molecule has 2 rings (SSSR count). The van der Waals surface area contributed by atoms with Crippen LogP contribution in [0, 0.1) is 6.92 Å². The maximum Gasteiger partial charge on any atom is 0.131 e. The van der Waals surface area contributed by atoms with E-state index in [1.54, 1.807) is 6.20 Å². The number of hydrogen-bond donors (Lipinski definition) is 1. The van der Waals surface area contributed by atoms with E-state index in [9.17, 15) is 0 Å². The molecule has 1 fully saturated rings. The Kier molecular flexibility index (Phi) is 3.59. The van der Waals surface area contributed by atoms with Crippen molar-refractivity contribution in [3.63, 3.8) is 0 Å². The number of pyridine rings is 1. The fourth-order valence-electron chi connectivity index (χ4n) is 2.08. The summed E-state index contributed by atoms with van der Waals surface area (Å²) < 4.78 is 0. The first-order valence-corrected chi connectivity index (χ1v) is 6.84. The molecule has 2 heterocycles. The molecular weight excluding hydrogens is 218 g/mol. The highest BCUT2D eigenvalue weighted by atomic mass is 32.2. The van der Waals surface area contributed by atoms with Crippen molar-refractivity contribution in [2.45, 2.75) is 25.5 Å². The summed E-state index contributed by atoms with van der Waals surface area (Å²) in [6.45, 7) is 6.55. The van der Waals surface area contributed by atoms with Crippen LogP contribution in [0.3, 0.4) is 0 Å². The monoisotopic (exact) mass is 237 g/mol. The van der Waals surface area contributed by atoms with Gasteiger partial charge in [-0.05, 0) is 25.0 Å². The van der Waals surface area contributed by atoms with Gasteiger partial charge >= 0.3 is 0 Å². The maximum absolute atomic E-state index is 5.73. The lowest BCUT2D eigenvalue weighted by Crippen LogP contribution is -2.38. The highest BCUT2D eigenvalue weighted by molar-refractivity contribution is 8.00. The van der Waals surface area contributed by atoms with Gasteiger partial charge in [-0.15, -0.1) is 0 Å². The van der Waals surface area contributed by atoms with Crippen molar-refractivity contribution in [3.8, 4) is 0 Å². The molecule has 88 valence electrons. The molecule has 1 atom stereocenters. The molecule has 16 heavy (non-hydrogen) atoms. The third kappa shape index (κ3) is 2.43. The van der Waals surface area contributed by atoms with E-state index in [0.29, 0.717) is 0 Å². The van der Waals surface area contributed by atoms with Crippen LogP contribution < -0.4 is 10.6 Å². The van der Waals surface area contributed by atoms with Gasteiger partial charge in [-0.2, -0.15) is 11.8 Å². The Bertz CT molecular complexity index is 367. The van der Waals surface area contributed by atoms with Crippen LogP contribution in [0.2, 0.25) is 0 Å². The average molecular weight is 237 g/mol. The number of anilines is 2. The lowest BCUT2D eigenvalue weighted by Gasteiger charge is -2.33. The fraction of sp³-hybridized carbons (Fsp3) is 0.583. The predicted molar refractivity (Wildman–Crippen MR) is 72.1 cm³/mol. The molecule has 0 saturated carbocycles. The van der Waals surface area contributed by atoms with E-state index in [1.807, 2.05) is 6.07 Å². The van der Waals surface area contributed by atoms with Gasteiger partial charge in [0.1, 0.15) is 5.82 Å². The summed E-state index contributed by atoms with van der Waals surface area (Å²) in [5.74, 6) is 2.30. The average Bonchev–Trinajstić information content (AvgIpc) is 2.29. The first-order chi connectivity index (χ1) is 7.70. The van der Waals surface area contributed by atoms with Crippen LogP contribution in [-0.4, -0.2) is 29.1 Å². The summed E-state index contributed by atoms with van der Waals surface area (Å²) in [7, 11) is 0. The standard InChI is InChI=1S/C12H19N3S/c1-3-11-8-15(4-5-16-11)12-9(2)6-10(13)7-14-12/h6-7,11H,3-5,8,13H2,1-2H3. The number of hydrogen-bond acceptors (Lipinski definition) is 4. The molecule has 2 N–H and O–H groups in total. The lowest BCUT2D eigenvalue weighted by atomic mass is 10.2. The van der Waals surface area contributed by atoms with E-state index in [0.717, 1.165) is 29.8 Å². The molecule has 1 aliphatic rings. The van der Waals surface area contributed by atoms with Crippen molar-refractivity contribution in [3.05, 3.63) is 17.8 Å². The Morgan fingerprint density at radius 2 is 2.44 bits per heavy atom. The zero-order valence-corrected chi connectivity index (χ0v) is 10.8. The third-order valence-electron chi connectivity index (χ3n) is 2.97. The number of thioether (sulfide) groups is 1. The van der Waals surface area contributed by atoms with E-state index in [-0.39, 0.29) is 0 Å². The number of rotatable bonds is 2. The molecule has 0 bridgehead atoms. The Morgan fingerprint density at radius 1 is 1.62 bits per heavy atom. The van der Waals surface area contributed by atoms with Gasteiger partial charge in [-0.1, -0.05) is 6.92 Å². The zero-order chi connectivity index (χ0) is 11.5. The molecule has 1 aromatic rings. The predicted octanol–water partition coefficient (Wildman–Crippen LogP) is 2.30. The van der Waals surface area contributed by atoms with E-state index in [1.165, 1.54) is 17.7 Å². The van der Waals surface area contributed by atoms with Crippen LogP contribution in [-0.2, 0) is 0 Å². The van der Waals surface area contributed by atoms with Gasteiger partial charge in [0.05, 0.1) is 11.9 Å². The first kappa shape index (κ1) is 11.6. The zero-order valence-electron chi connectivity index (χ0n) is 9.94. The molecule has 1 aromatic heterocycles. The van der Waals surface area contributed by atoms with Gasteiger partial charge in [-0.25, -0.2) is 4.98 Å². The summed E-state index contributed by atoms with van der Waals surface area (Å²) in [5, 5.41) is 0.743. The highest BCUT2D eigenvalue weighted by Crippen LogP contribution is 2.26. The van der Waals surface area contributed by atoms with E-state index < -0.39 is 0 Å². The largest absolute Gasteiger partial charge is 0.397 e. The topological polar surface area (TPSA) is 42.2 Å². The van der Waals surface area contributed by atoms with Crippen molar-refractivity contribution >= 4 is 23.3 Å². The van der Waals surface area contributed by atoms with Gasteiger partial charge < -0.3 is 10.6 Å². The van der Waals surface area contributed by atoms with Crippen LogP contribution in [0.5, 0.6) is 0 Å². The van der Waals surface area contributed by atoms with Crippen LogP contribution in [0.4, 0.5) is 11.5 Å². The van der Waals surface area contributed by atoms with Crippen LogP contribution >= 0.6 is 11.8 Å². The minimum atomic E-state index is 0.743. The van der Waals surface area contributed by atoms with Crippen molar-refractivity contribution in [1.29, 1.82) is 0 Å². The number of nitrogen functional groups attached to an aromatic ring is 1. The molecule has 1 unspecified atom stereocenters. The second-order valence-electron chi connectivity index (χ2n) is 4.26. The Hall–Kier alpha value is -0.900. The quantitative estimate of drug-likeness (QED) is 0.857. The minimum Gasteiger partial charge on any atom is -0.397 e. The summed E-state index contributed by atoms with van der Waals surface area (Å²) in [4.78, 5) is 6.85. The van der Waals surface area contributed by atoms with Crippen molar-refractivity contribution in [2.75, 3.05) is 29.5 Å². The Balaban J connectivity index is 2.16. The number of aryl methyl sites for hydroxylation is 1. The molecule has 1 saturated heterocycles. The van der Waals surface area contributed by atoms with Crippen LogP contribution in [0.25, 0.3) is 0 Å². The summed E-state index contributed by atoms with van der Waals surface area (Å²) in [5.41, 5.74) is 7.66. The molecule has 1 aliphatic heterocycles. The summed E-state index contributed by atoms with van der Waals surface area (Å²) in [6.07, 6.45) is 2.99. The van der Waals surface area contributed by atoms with Gasteiger partial charge in [0.2, 0.25) is 0 Å². The first-order valence-electron chi connectivity index (χ1n) is 5.79. The summed E-state index contributed by atoms with van der Waals surface area (Å²) in [6, 6.07) is 2.00. The van der Waals surface area contributed by atoms with Crippen LogP contribution in [0.15, 0.2) is 12.3 Å². The summed E-state index contributed by atoms with van der Waals surface area (Å²) >= 11 is 2.08.